The molecule has 0 N–H and O–H groups in total. The molecule has 1 aromatic carbocycles. The van der Waals surface area contributed by atoms with Gasteiger partial charge in [0.25, 0.3) is 0 Å². The van der Waals surface area contributed by atoms with Crippen LogP contribution >= 0.6 is 0 Å². The second-order valence-electron chi connectivity index (χ2n) is 7.30. The Morgan fingerprint density at radius 2 is 1.78 bits per heavy atom. The lowest BCUT2D eigenvalue weighted by Crippen LogP contribution is -2.07. The highest BCUT2D eigenvalue weighted by Gasteiger charge is 2.16. The molecule has 0 heteroatoms. The molecule has 0 aromatic heterocycles. The van der Waals surface area contributed by atoms with Gasteiger partial charge in [-0.15, -0.1) is 0 Å². The normalized spacial score (nSPS) is 23.9. The molecule has 2 aliphatic rings. The molecule has 120 valence electrons. The van der Waals surface area contributed by atoms with Gasteiger partial charge in [0.1, 0.15) is 0 Å². The third-order valence-electron chi connectivity index (χ3n) is 5.16. The summed E-state index contributed by atoms with van der Waals surface area (Å²) in [6.07, 6.45) is 16.4. The van der Waals surface area contributed by atoms with Crippen LogP contribution in [0.5, 0.6) is 0 Å². The van der Waals surface area contributed by atoms with Crippen LogP contribution in [0.4, 0.5) is 0 Å². The maximum absolute atomic E-state index is 2.42. The van der Waals surface area contributed by atoms with E-state index in [1.165, 1.54) is 34.3 Å². The quantitative estimate of drug-likeness (QED) is 0.578. The Labute approximate surface area is 141 Å². The van der Waals surface area contributed by atoms with E-state index < -0.39 is 0 Å². The minimum absolute atomic E-state index is 0.533. The van der Waals surface area contributed by atoms with Gasteiger partial charge in [0.2, 0.25) is 0 Å². The Morgan fingerprint density at radius 3 is 2.43 bits per heavy atom. The second kappa shape index (κ2) is 6.74. The first-order chi connectivity index (χ1) is 11.1. The van der Waals surface area contributed by atoms with Crippen LogP contribution in [0, 0.1) is 11.8 Å². The summed E-state index contributed by atoms with van der Waals surface area (Å²) in [5, 5.41) is 0. The van der Waals surface area contributed by atoms with Crippen LogP contribution in [-0.2, 0) is 0 Å². The summed E-state index contributed by atoms with van der Waals surface area (Å²) < 4.78 is 0. The molecular weight excluding hydrogens is 276 g/mol. The van der Waals surface area contributed by atoms with Crippen molar-refractivity contribution in [3.63, 3.8) is 0 Å². The fraction of sp³-hybridized carbons (Fsp3) is 0.391. The van der Waals surface area contributed by atoms with E-state index in [4.69, 9.17) is 0 Å². The van der Waals surface area contributed by atoms with Crippen LogP contribution < -0.4 is 0 Å². The molecule has 23 heavy (non-hydrogen) atoms. The number of benzene rings is 1. The summed E-state index contributed by atoms with van der Waals surface area (Å²) >= 11 is 0. The van der Waals surface area contributed by atoms with E-state index in [2.05, 4.69) is 82.4 Å². The van der Waals surface area contributed by atoms with Gasteiger partial charge < -0.3 is 0 Å². The Hall–Kier alpha value is -1.82. The monoisotopic (exact) mass is 304 g/mol. The molecule has 0 radical (unpaired) electrons. The van der Waals surface area contributed by atoms with Crippen molar-refractivity contribution in [2.24, 2.45) is 11.8 Å². The average Bonchev–Trinajstić information content (AvgIpc) is 2.57. The number of hydrogen-bond donors (Lipinski definition) is 0. The lowest BCUT2D eigenvalue weighted by Gasteiger charge is -2.21. The predicted molar refractivity (Wildman–Crippen MR) is 102 cm³/mol. The molecule has 1 aromatic rings. The zero-order valence-electron chi connectivity index (χ0n) is 14.8. The van der Waals surface area contributed by atoms with E-state index in [1.54, 1.807) is 0 Å². The van der Waals surface area contributed by atoms with Crippen molar-refractivity contribution < 1.29 is 0 Å². The summed E-state index contributed by atoms with van der Waals surface area (Å²) in [6, 6.07) is 7.02. The highest BCUT2D eigenvalue weighted by atomic mass is 14.2. The maximum Gasteiger partial charge on any atom is -0.0152 e. The molecule has 2 unspecified atom stereocenters. The fourth-order valence-electron chi connectivity index (χ4n) is 3.41. The van der Waals surface area contributed by atoms with E-state index >= 15 is 0 Å². The molecule has 0 bridgehead atoms. The first-order valence-corrected chi connectivity index (χ1v) is 8.97. The van der Waals surface area contributed by atoms with Crippen LogP contribution in [0.3, 0.4) is 0 Å². The largest absolute Gasteiger partial charge is 0.0836 e. The highest BCUT2D eigenvalue weighted by molar-refractivity contribution is 5.81. The molecule has 3 rings (SSSR count). The third kappa shape index (κ3) is 3.42. The zero-order valence-corrected chi connectivity index (χ0v) is 14.8. The maximum atomic E-state index is 2.42. The molecule has 2 aliphatic carbocycles. The summed E-state index contributed by atoms with van der Waals surface area (Å²) in [5.74, 6) is 1.78. The number of rotatable bonds is 3. The minimum atomic E-state index is 0.533. The molecular formula is C23H28. The van der Waals surface area contributed by atoms with E-state index in [0.29, 0.717) is 17.8 Å². The van der Waals surface area contributed by atoms with Crippen molar-refractivity contribution in [3.05, 3.63) is 71.3 Å². The van der Waals surface area contributed by atoms with Gasteiger partial charge in [-0.25, -0.2) is 0 Å². The van der Waals surface area contributed by atoms with Crippen molar-refractivity contribution in [1.29, 1.82) is 0 Å². The average molecular weight is 304 g/mol. The minimum Gasteiger partial charge on any atom is -0.0836 e. The second-order valence-corrected chi connectivity index (χ2v) is 7.30. The Balaban J connectivity index is 2.01. The Morgan fingerprint density at radius 1 is 0.957 bits per heavy atom. The van der Waals surface area contributed by atoms with E-state index in [-0.39, 0.29) is 0 Å². The summed E-state index contributed by atoms with van der Waals surface area (Å²) in [5.41, 5.74) is 6.98. The van der Waals surface area contributed by atoms with Crippen LogP contribution in [0.1, 0.15) is 63.1 Å². The van der Waals surface area contributed by atoms with Crippen molar-refractivity contribution >= 4 is 11.1 Å². The van der Waals surface area contributed by atoms with Crippen LogP contribution in [0.15, 0.2) is 54.7 Å². The van der Waals surface area contributed by atoms with E-state index in [9.17, 15) is 0 Å². The lowest BCUT2D eigenvalue weighted by molar-refractivity contribution is 0.554. The van der Waals surface area contributed by atoms with Crippen molar-refractivity contribution in [2.45, 2.75) is 46.5 Å². The zero-order chi connectivity index (χ0) is 16.4. The topological polar surface area (TPSA) is 0 Å². The summed E-state index contributed by atoms with van der Waals surface area (Å²) in [7, 11) is 0. The molecule has 0 saturated carbocycles. The predicted octanol–water partition coefficient (Wildman–Crippen LogP) is 6.77. The van der Waals surface area contributed by atoms with Crippen molar-refractivity contribution in [2.75, 3.05) is 0 Å². The smallest absolute Gasteiger partial charge is 0.0152 e. The molecule has 0 amide bonds. The lowest BCUT2D eigenvalue weighted by atomic mass is 9.84. The Kier molecular flexibility index (Phi) is 4.71. The standard InChI is InChI=1S/C23H28/c1-16(2)23-15-21(20-11-10-17(3)18(4)14-20)12-13-22(23)19-8-6-5-7-9-19/h6,8-18H,5,7H2,1-4H3. The van der Waals surface area contributed by atoms with Gasteiger partial charge in [-0.2, -0.15) is 0 Å². The summed E-state index contributed by atoms with van der Waals surface area (Å²) in [4.78, 5) is 0. The SMILES string of the molecule is CC(C)c1cc(C2=CC(C)C(C)C=C2)ccc1C1=CCCC=C1. The van der Waals surface area contributed by atoms with Crippen molar-refractivity contribution in [3.8, 4) is 0 Å². The molecule has 0 fully saturated rings. The van der Waals surface area contributed by atoms with E-state index in [0.717, 1.165) is 6.42 Å². The third-order valence-corrected chi connectivity index (χ3v) is 5.16. The molecule has 0 aliphatic heterocycles. The first kappa shape index (κ1) is 16.1. The Bertz CT molecular complexity index is 695. The molecule has 0 saturated heterocycles. The van der Waals surface area contributed by atoms with Gasteiger partial charge in [0.15, 0.2) is 0 Å². The molecule has 0 spiro atoms. The number of hydrogen-bond acceptors (Lipinski definition) is 0. The highest BCUT2D eigenvalue weighted by Crippen LogP contribution is 2.34. The van der Waals surface area contributed by atoms with Gasteiger partial charge in [0, 0.05) is 0 Å². The van der Waals surface area contributed by atoms with E-state index in [1.807, 2.05) is 0 Å². The fourth-order valence-corrected chi connectivity index (χ4v) is 3.41. The summed E-state index contributed by atoms with van der Waals surface area (Å²) in [6.45, 7) is 9.19. The van der Waals surface area contributed by atoms with Crippen LogP contribution in [0.25, 0.3) is 11.1 Å². The first-order valence-electron chi connectivity index (χ1n) is 8.97. The van der Waals surface area contributed by atoms with Gasteiger partial charge in [-0.1, -0.05) is 82.4 Å². The molecule has 2 atom stereocenters. The van der Waals surface area contributed by atoms with Crippen molar-refractivity contribution in [1.82, 2.24) is 0 Å². The number of allylic oxidation sites excluding steroid dienone is 8. The van der Waals surface area contributed by atoms with Gasteiger partial charge in [-0.3, -0.25) is 0 Å². The molecule has 0 heterocycles. The molecule has 0 nitrogen and oxygen atoms in total. The van der Waals surface area contributed by atoms with Gasteiger partial charge in [-0.05, 0) is 58.4 Å². The van der Waals surface area contributed by atoms with Gasteiger partial charge >= 0.3 is 0 Å². The van der Waals surface area contributed by atoms with Gasteiger partial charge in [0.05, 0.1) is 0 Å². The van der Waals surface area contributed by atoms with Crippen LogP contribution in [0.2, 0.25) is 0 Å². The van der Waals surface area contributed by atoms with Crippen LogP contribution in [-0.4, -0.2) is 0 Å².